The molecule has 62 valence electrons. The summed E-state index contributed by atoms with van der Waals surface area (Å²) in [4.78, 5) is 4.13. The fourth-order valence-corrected chi connectivity index (χ4v) is 0.114. The third-order valence-corrected chi connectivity index (χ3v) is 0.308. The topological polar surface area (TPSA) is 84.8 Å². The van der Waals surface area contributed by atoms with E-state index < -0.39 is 0 Å². The molecule has 0 aliphatic rings. The fourth-order valence-electron chi connectivity index (χ4n) is 0.114. The van der Waals surface area contributed by atoms with Crippen LogP contribution in [0.1, 0.15) is 6.92 Å². The number of rotatable bonds is 7. The summed E-state index contributed by atoms with van der Waals surface area (Å²) >= 11 is 0. The van der Waals surface area contributed by atoms with Gasteiger partial charge in [-0.05, 0) is 37.2 Å². The molecular weight excluding hydrogens is 152 g/mol. The van der Waals surface area contributed by atoms with Gasteiger partial charge in [0.1, 0.15) is 0 Å². The van der Waals surface area contributed by atoms with Gasteiger partial charge in [-0.1, -0.05) is 0 Å². The highest BCUT2D eigenvalue weighted by Gasteiger charge is 1.90. The molecule has 0 rings (SSSR count). The first kappa shape index (κ1) is 9.68. The zero-order valence-corrected chi connectivity index (χ0v) is 5.01. The average molecular weight is 158 g/mol. The Hall–Kier alpha value is -0.320. The molecule has 0 aromatic carbocycles. The first-order valence-corrected chi connectivity index (χ1v) is 2.18. The highest BCUT2D eigenvalue weighted by atomic mass is 17.9. The third-order valence-electron chi connectivity index (χ3n) is 0.308. The van der Waals surface area contributed by atoms with Crippen molar-refractivity contribution in [2.75, 3.05) is 6.61 Å². The first-order chi connectivity index (χ1) is 4.91. The lowest BCUT2D eigenvalue weighted by Crippen LogP contribution is -1.99. The van der Waals surface area contributed by atoms with Gasteiger partial charge >= 0.3 is 0 Å². The smallest absolute Gasteiger partial charge is 0.0826 e. The van der Waals surface area contributed by atoms with Gasteiger partial charge in [-0.2, -0.15) is 0 Å². The second-order valence-electron chi connectivity index (χ2n) is 0.821. The van der Waals surface area contributed by atoms with Crippen LogP contribution in [0, 0.1) is 0 Å². The molecule has 0 saturated heterocycles. The Labute approximate surface area is 55.2 Å². The van der Waals surface area contributed by atoms with Crippen molar-refractivity contribution in [3.05, 3.63) is 0 Å². The van der Waals surface area contributed by atoms with Crippen molar-refractivity contribution >= 4 is 0 Å². The molecular formula is C2H6O8. The molecule has 0 aliphatic heterocycles. The molecule has 0 unspecified atom stereocenters. The predicted molar refractivity (Wildman–Crippen MR) is 20.8 cm³/mol. The molecule has 0 aliphatic carbocycles. The van der Waals surface area contributed by atoms with Crippen LogP contribution in [0.3, 0.4) is 0 Å². The van der Waals surface area contributed by atoms with Gasteiger partial charge < -0.3 is 0 Å². The highest BCUT2D eigenvalue weighted by Crippen LogP contribution is 1.85. The Bertz CT molecular complexity index is 47.2. The van der Waals surface area contributed by atoms with Crippen LogP contribution in [-0.4, -0.2) is 11.9 Å². The normalized spacial score (nSPS) is 10.2. The van der Waals surface area contributed by atoms with E-state index in [0.29, 0.717) is 0 Å². The second kappa shape index (κ2) is 8.68. The molecule has 0 aromatic rings. The summed E-state index contributed by atoms with van der Waals surface area (Å²) < 4.78 is 0. The minimum atomic E-state index is 0.265. The quantitative estimate of drug-likeness (QED) is 0.317. The third kappa shape index (κ3) is 7.68. The van der Waals surface area contributed by atoms with E-state index in [1.54, 1.807) is 6.92 Å². The minimum Gasteiger partial charge on any atom is -0.219 e. The second-order valence-corrected chi connectivity index (χ2v) is 0.821. The number of hydrogen-bond acceptors (Lipinski definition) is 8. The summed E-state index contributed by atoms with van der Waals surface area (Å²) in [5, 5.41) is 28.0. The maximum absolute atomic E-state index is 7.41. The van der Waals surface area contributed by atoms with Gasteiger partial charge in [0, 0.05) is 0 Å². The van der Waals surface area contributed by atoms with Crippen LogP contribution >= 0.6 is 0 Å². The number of hydrogen-bond donors (Lipinski definition) is 1. The van der Waals surface area contributed by atoms with Gasteiger partial charge in [0.25, 0.3) is 0 Å². The zero-order valence-electron chi connectivity index (χ0n) is 5.01. The minimum absolute atomic E-state index is 0.265. The Morgan fingerprint density at radius 2 is 1.60 bits per heavy atom. The van der Waals surface area contributed by atoms with E-state index in [0.717, 1.165) is 0 Å². The van der Waals surface area contributed by atoms with Crippen molar-refractivity contribution in [1.82, 2.24) is 0 Å². The standard InChI is InChI=1S/C2H6O8/c1-2-4-6-8-10-9-7-5-3/h3H,2H2,1H3. The molecule has 10 heavy (non-hydrogen) atoms. The first-order valence-electron chi connectivity index (χ1n) is 2.18. The van der Waals surface area contributed by atoms with E-state index in [1.807, 2.05) is 0 Å². The lowest BCUT2D eigenvalue weighted by atomic mass is 10.9. The van der Waals surface area contributed by atoms with Gasteiger partial charge in [-0.3, -0.25) is 0 Å². The monoisotopic (exact) mass is 158 g/mol. The average Bonchev–Trinajstić information content (AvgIpc) is 1.97. The summed E-state index contributed by atoms with van der Waals surface area (Å²) in [5.41, 5.74) is 0. The van der Waals surface area contributed by atoms with Gasteiger partial charge in [0.15, 0.2) is 0 Å². The molecule has 0 radical (unpaired) electrons. The molecule has 0 heterocycles. The molecule has 0 bridgehead atoms. The van der Waals surface area contributed by atoms with Crippen LogP contribution in [0.2, 0.25) is 0 Å². The summed E-state index contributed by atoms with van der Waals surface area (Å²) in [6.45, 7) is 1.91. The van der Waals surface area contributed by atoms with Crippen LogP contribution in [0.5, 0.6) is 0 Å². The Morgan fingerprint density at radius 1 is 1.00 bits per heavy atom. The maximum atomic E-state index is 7.41. The van der Waals surface area contributed by atoms with Crippen molar-refractivity contribution in [2.45, 2.75) is 6.92 Å². The summed E-state index contributed by atoms with van der Waals surface area (Å²) in [7, 11) is 0. The fraction of sp³-hybridized carbons (Fsp3) is 1.00. The zero-order chi connectivity index (χ0) is 7.66. The van der Waals surface area contributed by atoms with E-state index in [-0.39, 0.29) is 6.61 Å². The van der Waals surface area contributed by atoms with E-state index in [1.165, 1.54) is 0 Å². The lowest BCUT2D eigenvalue weighted by Gasteiger charge is -1.95. The summed E-state index contributed by atoms with van der Waals surface area (Å²) in [6, 6.07) is 0. The lowest BCUT2D eigenvalue weighted by molar-refractivity contribution is -0.811. The molecule has 0 aromatic heterocycles. The van der Waals surface area contributed by atoms with Crippen molar-refractivity contribution < 1.29 is 40.4 Å². The summed E-state index contributed by atoms with van der Waals surface area (Å²) in [5.74, 6) is 0. The Balaban J connectivity index is 2.65. The van der Waals surface area contributed by atoms with Gasteiger partial charge in [0.2, 0.25) is 0 Å². The molecule has 1 N–H and O–H groups in total. The van der Waals surface area contributed by atoms with Crippen LogP contribution in [0.15, 0.2) is 0 Å². The van der Waals surface area contributed by atoms with Gasteiger partial charge in [-0.15, -0.1) is 0 Å². The molecule has 8 nitrogen and oxygen atoms in total. The van der Waals surface area contributed by atoms with Crippen LogP contribution < -0.4 is 0 Å². The molecule has 0 atom stereocenters. The highest BCUT2D eigenvalue weighted by molar-refractivity contribution is 3.89. The Morgan fingerprint density at radius 3 is 2.20 bits per heavy atom. The van der Waals surface area contributed by atoms with Crippen LogP contribution in [0.4, 0.5) is 0 Å². The SMILES string of the molecule is CCOOOOOOOO. The van der Waals surface area contributed by atoms with Crippen LogP contribution in [-0.2, 0) is 35.1 Å². The van der Waals surface area contributed by atoms with Crippen molar-refractivity contribution in [2.24, 2.45) is 0 Å². The van der Waals surface area contributed by atoms with Crippen molar-refractivity contribution in [3.8, 4) is 0 Å². The van der Waals surface area contributed by atoms with Gasteiger partial charge in [0.05, 0.1) is 6.61 Å². The molecule has 8 heteroatoms. The largest absolute Gasteiger partial charge is 0.219 e. The van der Waals surface area contributed by atoms with E-state index in [2.05, 4.69) is 35.1 Å². The molecule has 0 spiro atoms. The molecule has 0 fully saturated rings. The van der Waals surface area contributed by atoms with Gasteiger partial charge in [-0.25, -0.2) is 10.1 Å². The van der Waals surface area contributed by atoms with Crippen molar-refractivity contribution in [1.29, 1.82) is 0 Å². The van der Waals surface area contributed by atoms with Crippen molar-refractivity contribution in [3.63, 3.8) is 0 Å². The molecule has 0 amide bonds. The Kier molecular flexibility index (Phi) is 8.40. The van der Waals surface area contributed by atoms with Crippen LogP contribution in [0.25, 0.3) is 0 Å². The van der Waals surface area contributed by atoms with E-state index in [4.69, 9.17) is 5.26 Å². The van der Waals surface area contributed by atoms with E-state index >= 15 is 0 Å². The molecule has 0 saturated carbocycles. The maximum Gasteiger partial charge on any atom is 0.0826 e. The predicted octanol–water partition coefficient (Wildman–Crippen LogP) is 0.0855. The van der Waals surface area contributed by atoms with E-state index in [9.17, 15) is 0 Å². The summed E-state index contributed by atoms with van der Waals surface area (Å²) in [6.07, 6.45) is 0.